The van der Waals surface area contributed by atoms with Crippen LogP contribution in [0.3, 0.4) is 0 Å². The van der Waals surface area contributed by atoms with Crippen molar-refractivity contribution >= 4 is 21.8 Å². The summed E-state index contributed by atoms with van der Waals surface area (Å²) >= 11 is 3.36. The lowest BCUT2D eigenvalue weighted by Gasteiger charge is -2.16. The van der Waals surface area contributed by atoms with E-state index in [1.165, 1.54) is 5.56 Å². The second-order valence-corrected chi connectivity index (χ2v) is 5.35. The average molecular weight is 298 g/mol. The molecule has 0 N–H and O–H groups in total. The fourth-order valence-corrected chi connectivity index (χ4v) is 2.40. The molecule has 0 aliphatic carbocycles. The molecule has 0 bridgehead atoms. The molecule has 0 radical (unpaired) electrons. The number of nitrogens with zero attached hydrogens (tertiary/aromatic N) is 1. The SMILES string of the molecule is Cc1cccc(OCCN2CCC(Br)C2=O)c1. The van der Waals surface area contributed by atoms with E-state index in [0.29, 0.717) is 13.2 Å². The van der Waals surface area contributed by atoms with Gasteiger partial charge in [0.2, 0.25) is 5.91 Å². The number of halogens is 1. The van der Waals surface area contributed by atoms with Crippen molar-refractivity contribution in [3.63, 3.8) is 0 Å². The van der Waals surface area contributed by atoms with E-state index < -0.39 is 0 Å². The molecule has 1 fully saturated rings. The fourth-order valence-electron chi connectivity index (χ4n) is 1.90. The summed E-state index contributed by atoms with van der Waals surface area (Å²) in [6.45, 7) is 4.07. The van der Waals surface area contributed by atoms with E-state index in [9.17, 15) is 4.79 Å². The molecule has 1 aliphatic heterocycles. The van der Waals surface area contributed by atoms with Gasteiger partial charge >= 0.3 is 0 Å². The van der Waals surface area contributed by atoms with Crippen molar-refractivity contribution in [1.29, 1.82) is 0 Å². The number of amides is 1. The van der Waals surface area contributed by atoms with Crippen LogP contribution < -0.4 is 4.74 Å². The van der Waals surface area contributed by atoms with Crippen LogP contribution in [0.2, 0.25) is 0 Å². The number of rotatable bonds is 4. The average Bonchev–Trinajstić information content (AvgIpc) is 2.61. The summed E-state index contributed by atoms with van der Waals surface area (Å²) < 4.78 is 5.62. The Morgan fingerprint density at radius 1 is 1.53 bits per heavy atom. The molecule has 4 heteroatoms. The molecular weight excluding hydrogens is 282 g/mol. The molecule has 1 aliphatic rings. The Bertz CT molecular complexity index is 408. The minimum atomic E-state index is 0.00136. The van der Waals surface area contributed by atoms with Gasteiger partial charge in [-0.25, -0.2) is 0 Å². The predicted molar refractivity (Wildman–Crippen MR) is 70.6 cm³/mol. The first-order chi connectivity index (χ1) is 8.16. The van der Waals surface area contributed by atoms with Crippen molar-refractivity contribution in [1.82, 2.24) is 4.90 Å². The lowest BCUT2D eigenvalue weighted by Crippen LogP contribution is -2.31. The Labute approximate surface area is 110 Å². The van der Waals surface area contributed by atoms with Crippen molar-refractivity contribution in [3.8, 4) is 5.75 Å². The van der Waals surface area contributed by atoms with Crippen molar-refractivity contribution < 1.29 is 9.53 Å². The summed E-state index contributed by atoms with van der Waals surface area (Å²) in [5.74, 6) is 1.05. The van der Waals surface area contributed by atoms with Crippen molar-refractivity contribution in [2.75, 3.05) is 19.7 Å². The highest BCUT2D eigenvalue weighted by molar-refractivity contribution is 9.10. The molecule has 1 aromatic rings. The number of ether oxygens (including phenoxy) is 1. The Balaban J connectivity index is 1.78. The van der Waals surface area contributed by atoms with Crippen LogP contribution in [0.5, 0.6) is 5.75 Å². The zero-order valence-electron chi connectivity index (χ0n) is 9.86. The van der Waals surface area contributed by atoms with Crippen LogP contribution in [0, 0.1) is 6.92 Å². The molecule has 0 aromatic heterocycles. The Morgan fingerprint density at radius 2 is 2.35 bits per heavy atom. The van der Waals surface area contributed by atoms with Gasteiger partial charge in [0.15, 0.2) is 0 Å². The molecule has 1 amide bonds. The third-order valence-corrected chi connectivity index (χ3v) is 3.70. The first-order valence-electron chi connectivity index (χ1n) is 5.79. The first-order valence-corrected chi connectivity index (χ1v) is 6.71. The summed E-state index contributed by atoms with van der Waals surface area (Å²) in [6.07, 6.45) is 0.892. The van der Waals surface area contributed by atoms with E-state index in [2.05, 4.69) is 15.9 Å². The lowest BCUT2D eigenvalue weighted by atomic mass is 10.2. The number of aryl methyl sites for hydroxylation is 1. The van der Waals surface area contributed by atoms with Crippen LogP contribution in [0.15, 0.2) is 24.3 Å². The van der Waals surface area contributed by atoms with Crippen LogP contribution in [-0.2, 0) is 4.79 Å². The topological polar surface area (TPSA) is 29.5 Å². The molecule has 1 unspecified atom stereocenters. The summed E-state index contributed by atoms with van der Waals surface area (Å²) in [5, 5.41) is 0. The lowest BCUT2D eigenvalue weighted by molar-refractivity contribution is -0.127. The number of alkyl halides is 1. The van der Waals surface area contributed by atoms with Crippen LogP contribution in [0.25, 0.3) is 0 Å². The molecular formula is C13H16BrNO2. The predicted octanol–water partition coefficient (Wildman–Crippen LogP) is 2.37. The van der Waals surface area contributed by atoms with Crippen LogP contribution >= 0.6 is 15.9 Å². The van der Waals surface area contributed by atoms with Gasteiger partial charge in [0.1, 0.15) is 12.4 Å². The monoisotopic (exact) mass is 297 g/mol. The van der Waals surface area contributed by atoms with E-state index in [1.807, 2.05) is 36.1 Å². The standard InChI is InChI=1S/C13H16BrNO2/c1-10-3-2-4-11(9-10)17-8-7-15-6-5-12(14)13(15)16/h2-4,9,12H,5-8H2,1H3. The summed E-state index contributed by atoms with van der Waals surface area (Å²) in [6, 6.07) is 7.94. The van der Waals surface area contributed by atoms with Gasteiger partial charge in [0, 0.05) is 6.54 Å². The molecule has 1 atom stereocenters. The highest BCUT2D eigenvalue weighted by atomic mass is 79.9. The second-order valence-electron chi connectivity index (χ2n) is 4.25. The minimum absolute atomic E-state index is 0.00136. The smallest absolute Gasteiger partial charge is 0.236 e. The third-order valence-electron chi connectivity index (χ3n) is 2.85. The fraction of sp³-hybridized carbons (Fsp3) is 0.462. The van der Waals surface area contributed by atoms with E-state index in [0.717, 1.165) is 18.7 Å². The highest BCUT2D eigenvalue weighted by Gasteiger charge is 2.28. The van der Waals surface area contributed by atoms with E-state index >= 15 is 0 Å². The number of carbonyl (C=O) groups excluding carboxylic acids is 1. The molecule has 1 heterocycles. The van der Waals surface area contributed by atoms with E-state index in [4.69, 9.17) is 4.74 Å². The molecule has 0 saturated carbocycles. The summed E-state index contributed by atoms with van der Waals surface area (Å²) in [4.78, 5) is 13.5. The minimum Gasteiger partial charge on any atom is -0.492 e. The number of benzene rings is 1. The largest absolute Gasteiger partial charge is 0.492 e. The van der Waals surface area contributed by atoms with Crippen molar-refractivity contribution in [3.05, 3.63) is 29.8 Å². The highest BCUT2D eigenvalue weighted by Crippen LogP contribution is 2.18. The molecule has 92 valence electrons. The molecule has 0 spiro atoms. The van der Waals surface area contributed by atoms with Crippen molar-refractivity contribution in [2.45, 2.75) is 18.2 Å². The quantitative estimate of drug-likeness (QED) is 0.799. The maximum absolute atomic E-state index is 11.6. The van der Waals surface area contributed by atoms with Crippen molar-refractivity contribution in [2.24, 2.45) is 0 Å². The van der Waals surface area contributed by atoms with Gasteiger partial charge < -0.3 is 9.64 Å². The van der Waals surface area contributed by atoms with Gasteiger partial charge in [0.25, 0.3) is 0 Å². The first kappa shape index (κ1) is 12.4. The maximum Gasteiger partial charge on any atom is 0.236 e. The molecule has 3 nitrogen and oxygen atoms in total. The Morgan fingerprint density at radius 3 is 3.00 bits per heavy atom. The summed E-state index contributed by atoms with van der Waals surface area (Å²) in [7, 11) is 0. The maximum atomic E-state index is 11.6. The number of hydrogen-bond acceptors (Lipinski definition) is 2. The van der Waals surface area contributed by atoms with Gasteiger partial charge in [-0.1, -0.05) is 28.1 Å². The normalized spacial score (nSPS) is 19.8. The van der Waals surface area contributed by atoms with Gasteiger partial charge in [-0.2, -0.15) is 0 Å². The number of likely N-dealkylation sites (tertiary alicyclic amines) is 1. The number of hydrogen-bond donors (Lipinski definition) is 0. The zero-order chi connectivity index (χ0) is 12.3. The molecule has 2 rings (SSSR count). The third kappa shape index (κ3) is 3.22. The molecule has 17 heavy (non-hydrogen) atoms. The van der Waals surface area contributed by atoms with Gasteiger partial charge in [0.05, 0.1) is 11.4 Å². The van der Waals surface area contributed by atoms with Gasteiger partial charge in [-0.3, -0.25) is 4.79 Å². The van der Waals surface area contributed by atoms with Crippen LogP contribution in [0.1, 0.15) is 12.0 Å². The zero-order valence-corrected chi connectivity index (χ0v) is 11.4. The van der Waals surface area contributed by atoms with E-state index in [-0.39, 0.29) is 10.7 Å². The van der Waals surface area contributed by atoms with Gasteiger partial charge in [-0.05, 0) is 31.0 Å². The Hall–Kier alpha value is -1.03. The summed E-state index contributed by atoms with van der Waals surface area (Å²) in [5.41, 5.74) is 1.18. The van der Waals surface area contributed by atoms with Gasteiger partial charge in [-0.15, -0.1) is 0 Å². The van der Waals surface area contributed by atoms with E-state index in [1.54, 1.807) is 0 Å². The molecule has 1 aromatic carbocycles. The number of carbonyl (C=O) groups is 1. The van der Waals surface area contributed by atoms with Crippen LogP contribution in [-0.4, -0.2) is 35.3 Å². The molecule has 1 saturated heterocycles. The second kappa shape index (κ2) is 5.54. The Kier molecular flexibility index (Phi) is 4.05. The van der Waals surface area contributed by atoms with Crippen LogP contribution in [0.4, 0.5) is 0 Å².